The van der Waals surface area contributed by atoms with Gasteiger partial charge in [0.25, 0.3) is 5.91 Å². The molecule has 0 heterocycles. The van der Waals surface area contributed by atoms with E-state index in [1.165, 1.54) is 12.1 Å². The number of amides is 1. The number of rotatable bonds is 7. The van der Waals surface area contributed by atoms with Crippen LogP contribution >= 0.6 is 0 Å². The molecule has 2 aromatic rings. The maximum Gasteiger partial charge on any atom is 0.260 e. The van der Waals surface area contributed by atoms with Gasteiger partial charge in [0, 0.05) is 6.54 Å². The van der Waals surface area contributed by atoms with Crippen LogP contribution in [0, 0.1) is 5.82 Å². The lowest BCUT2D eigenvalue weighted by Crippen LogP contribution is -2.37. The predicted molar refractivity (Wildman–Crippen MR) is 86.2 cm³/mol. The quantitative estimate of drug-likeness (QED) is 0.854. The van der Waals surface area contributed by atoms with Crippen molar-refractivity contribution in [1.82, 2.24) is 5.32 Å². The fraction of sp³-hybridized carbons (Fsp3) is 0.278. The van der Waals surface area contributed by atoms with Gasteiger partial charge < -0.3 is 14.8 Å². The molecule has 0 radical (unpaired) electrons. The summed E-state index contributed by atoms with van der Waals surface area (Å²) in [6, 6.07) is 13.3. The molecule has 0 saturated heterocycles. The highest BCUT2D eigenvalue weighted by molar-refractivity contribution is 5.80. The van der Waals surface area contributed by atoms with Gasteiger partial charge in [0.15, 0.2) is 6.10 Å². The highest BCUT2D eigenvalue weighted by atomic mass is 19.1. The molecule has 122 valence electrons. The Balaban J connectivity index is 1.76. The zero-order chi connectivity index (χ0) is 16.7. The van der Waals surface area contributed by atoms with Gasteiger partial charge in [-0.05, 0) is 55.3 Å². The maximum atomic E-state index is 12.8. The van der Waals surface area contributed by atoms with E-state index >= 15 is 0 Å². The highest BCUT2D eigenvalue weighted by Crippen LogP contribution is 2.18. The molecule has 2 aromatic carbocycles. The second-order valence-corrected chi connectivity index (χ2v) is 5.10. The van der Waals surface area contributed by atoms with Crippen LogP contribution in [0.2, 0.25) is 0 Å². The van der Waals surface area contributed by atoms with E-state index in [2.05, 4.69) is 5.32 Å². The fourth-order valence-electron chi connectivity index (χ4n) is 2.04. The number of carbonyl (C=O) groups excluding carboxylic acids is 1. The highest BCUT2D eigenvalue weighted by Gasteiger charge is 2.14. The molecule has 4 nitrogen and oxygen atoms in total. The van der Waals surface area contributed by atoms with Crippen molar-refractivity contribution >= 4 is 5.91 Å². The fourth-order valence-corrected chi connectivity index (χ4v) is 2.04. The van der Waals surface area contributed by atoms with Crippen molar-refractivity contribution in [2.75, 3.05) is 13.7 Å². The number of nitrogens with one attached hydrogen (secondary N) is 1. The van der Waals surface area contributed by atoms with Gasteiger partial charge in [-0.1, -0.05) is 12.1 Å². The zero-order valence-corrected chi connectivity index (χ0v) is 13.2. The summed E-state index contributed by atoms with van der Waals surface area (Å²) in [5.74, 6) is 0.878. The monoisotopic (exact) mass is 317 g/mol. The summed E-state index contributed by atoms with van der Waals surface area (Å²) in [4.78, 5) is 12.0. The molecule has 0 spiro atoms. The summed E-state index contributed by atoms with van der Waals surface area (Å²) < 4.78 is 23.4. The third-order valence-corrected chi connectivity index (χ3v) is 3.37. The normalized spacial score (nSPS) is 11.6. The third kappa shape index (κ3) is 5.29. The summed E-state index contributed by atoms with van der Waals surface area (Å²) in [6.45, 7) is 2.16. The Morgan fingerprint density at radius 2 is 1.70 bits per heavy atom. The number of ether oxygens (including phenoxy) is 2. The van der Waals surface area contributed by atoms with Gasteiger partial charge in [-0.25, -0.2) is 4.39 Å². The van der Waals surface area contributed by atoms with Gasteiger partial charge in [-0.2, -0.15) is 0 Å². The van der Waals surface area contributed by atoms with Crippen LogP contribution < -0.4 is 14.8 Å². The average Bonchev–Trinajstić information content (AvgIpc) is 2.57. The largest absolute Gasteiger partial charge is 0.497 e. The topological polar surface area (TPSA) is 47.6 Å². The summed E-state index contributed by atoms with van der Waals surface area (Å²) in [7, 11) is 1.59. The molecule has 1 amide bonds. The average molecular weight is 317 g/mol. The minimum Gasteiger partial charge on any atom is -0.497 e. The van der Waals surface area contributed by atoms with E-state index in [4.69, 9.17) is 9.47 Å². The molecule has 2 rings (SSSR count). The van der Waals surface area contributed by atoms with E-state index in [-0.39, 0.29) is 11.7 Å². The van der Waals surface area contributed by atoms with Crippen LogP contribution in [-0.2, 0) is 11.2 Å². The standard InChI is InChI=1S/C18H20FNO3/c1-13(23-17-9-7-16(22-2)8-10-17)18(21)20-12-11-14-3-5-15(19)6-4-14/h3-10,13H,11-12H2,1-2H3,(H,20,21)/t13-/m0/s1. The van der Waals surface area contributed by atoms with Crippen molar-refractivity contribution in [3.05, 3.63) is 59.9 Å². The van der Waals surface area contributed by atoms with Crippen LogP contribution in [0.25, 0.3) is 0 Å². The van der Waals surface area contributed by atoms with Gasteiger partial charge in [0.05, 0.1) is 7.11 Å². The Morgan fingerprint density at radius 1 is 1.09 bits per heavy atom. The lowest BCUT2D eigenvalue weighted by molar-refractivity contribution is -0.127. The van der Waals surface area contributed by atoms with Crippen LogP contribution in [-0.4, -0.2) is 25.7 Å². The smallest absolute Gasteiger partial charge is 0.260 e. The Bertz CT molecular complexity index is 626. The number of hydrogen-bond acceptors (Lipinski definition) is 3. The van der Waals surface area contributed by atoms with Gasteiger partial charge in [0.1, 0.15) is 17.3 Å². The van der Waals surface area contributed by atoms with Gasteiger partial charge >= 0.3 is 0 Å². The van der Waals surface area contributed by atoms with E-state index in [1.807, 2.05) is 0 Å². The SMILES string of the molecule is COc1ccc(O[C@@H](C)C(=O)NCCc2ccc(F)cc2)cc1. The van der Waals surface area contributed by atoms with E-state index in [9.17, 15) is 9.18 Å². The molecule has 0 aliphatic heterocycles. The van der Waals surface area contributed by atoms with Gasteiger partial charge in [-0.15, -0.1) is 0 Å². The van der Waals surface area contributed by atoms with Crippen molar-refractivity contribution in [2.45, 2.75) is 19.4 Å². The van der Waals surface area contributed by atoms with Crippen LogP contribution in [0.5, 0.6) is 11.5 Å². The Labute approximate surface area is 135 Å². The van der Waals surface area contributed by atoms with Crippen LogP contribution in [0.3, 0.4) is 0 Å². The first kappa shape index (κ1) is 16.8. The van der Waals surface area contributed by atoms with Crippen LogP contribution in [0.15, 0.2) is 48.5 Å². The molecule has 0 aliphatic carbocycles. The molecule has 0 saturated carbocycles. The number of halogens is 1. The molecule has 23 heavy (non-hydrogen) atoms. The zero-order valence-electron chi connectivity index (χ0n) is 13.2. The Morgan fingerprint density at radius 3 is 2.30 bits per heavy atom. The minimum absolute atomic E-state index is 0.192. The van der Waals surface area contributed by atoms with E-state index < -0.39 is 6.10 Å². The van der Waals surface area contributed by atoms with E-state index in [0.717, 1.165) is 11.3 Å². The molecule has 0 aliphatic rings. The first-order valence-corrected chi connectivity index (χ1v) is 7.41. The van der Waals surface area contributed by atoms with Crippen molar-refractivity contribution < 1.29 is 18.7 Å². The second kappa shape index (κ2) is 8.17. The number of benzene rings is 2. The second-order valence-electron chi connectivity index (χ2n) is 5.10. The first-order chi connectivity index (χ1) is 11.1. The summed E-state index contributed by atoms with van der Waals surface area (Å²) in [5, 5.41) is 2.81. The van der Waals surface area contributed by atoms with Crippen LogP contribution in [0.4, 0.5) is 4.39 Å². The summed E-state index contributed by atoms with van der Waals surface area (Å²) in [6.07, 6.45) is 0.0398. The van der Waals surface area contributed by atoms with Gasteiger partial charge in [0.2, 0.25) is 0 Å². The molecule has 0 fully saturated rings. The minimum atomic E-state index is -0.600. The van der Waals surface area contributed by atoms with Gasteiger partial charge in [-0.3, -0.25) is 4.79 Å². The molecule has 0 unspecified atom stereocenters. The molecular formula is C18H20FNO3. The summed E-state index contributed by atoms with van der Waals surface area (Å²) in [5.41, 5.74) is 0.968. The summed E-state index contributed by atoms with van der Waals surface area (Å²) >= 11 is 0. The van der Waals surface area contributed by atoms with Crippen molar-refractivity contribution in [3.63, 3.8) is 0 Å². The first-order valence-electron chi connectivity index (χ1n) is 7.41. The number of carbonyl (C=O) groups is 1. The number of hydrogen-bond donors (Lipinski definition) is 1. The Kier molecular flexibility index (Phi) is 5.97. The van der Waals surface area contributed by atoms with Crippen molar-refractivity contribution in [3.8, 4) is 11.5 Å². The molecule has 0 aromatic heterocycles. The lowest BCUT2D eigenvalue weighted by atomic mass is 10.1. The van der Waals surface area contributed by atoms with Crippen LogP contribution in [0.1, 0.15) is 12.5 Å². The molecule has 1 atom stereocenters. The molecular weight excluding hydrogens is 297 g/mol. The predicted octanol–water partition coefficient (Wildman–Crippen LogP) is 2.96. The number of methoxy groups -OCH3 is 1. The maximum absolute atomic E-state index is 12.8. The molecule has 5 heteroatoms. The van der Waals surface area contributed by atoms with Crippen molar-refractivity contribution in [2.24, 2.45) is 0 Å². The van der Waals surface area contributed by atoms with E-state index in [0.29, 0.717) is 18.7 Å². The molecule has 1 N–H and O–H groups in total. The molecule has 0 bridgehead atoms. The Hall–Kier alpha value is -2.56. The lowest BCUT2D eigenvalue weighted by Gasteiger charge is -2.15. The van der Waals surface area contributed by atoms with E-state index in [1.54, 1.807) is 50.4 Å². The van der Waals surface area contributed by atoms with Crippen molar-refractivity contribution in [1.29, 1.82) is 0 Å². The third-order valence-electron chi connectivity index (χ3n) is 3.37.